The first-order chi connectivity index (χ1) is 8.79. The summed E-state index contributed by atoms with van der Waals surface area (Å²) in [5.74, 6) is 0. The van der Waals surface area contributed by atoms with Crippen LogP contribution in [0.15, 0.2) is 53.3 Å². The van der Waals surface area contributed by atoms with Gasteiger partial charge in [-0.1, -0.05) is 37.3 Å². The van der Waals surface area contributed by atoms with Crippen LogP contribution in [0.4, 0.5) is 0 Å². The second-order valence-corrected chi connectivity index (χ2v) is 5.00. The second kappa shape index (κ2) is 6.66. The first kappa shape index (κ1) is 13.2. The van der Waals surface area contributed by atoms with Gasteiger partial charge >= 0.3 is 0 Å². The maximum absolute atomic E-state index is 5.68. The van der Waals surface area contributed by atoms with Gasteiger partial charge in [-0.15, -0.1) is 0 Å². The molecule has 18 heavy (non-hydrogen) atoms. The zero-order valence-electron chi connectivity index (χ0n) is 10.5. The Kier molecular flexibility index (Phi) is 4.90. The summed E-state index contributed by atoms with van der Waals surface area (Å²) in [5, 5.41) is 0. The molecule has 1 aromatic carbocycles. The standard InChI is InChI=1S/C15H17BrNO/c1-2-14-8-9-17(10-15(14)16)12-18-11-13-6-4-3-5-7-13/h3-10H,2,11-12H2,1H3/q+1. The fraction of sp³-hybridized carbons (Fsp3) is 0.267. The van der Waals surface area contributed by atoms with Crippen molar-refractivity contribution >= 4 is 15.9 Å². The van der Waals surface area contributed by atoms with Crippen molar-refractivity contribution in [1.82, 2.24) is 0 Å². The highest BCUT2D eigenvalue weighted by molar-refractivity contribution is 9.10. The van der Waals surface area contributed by atoms with Crippen LogP contribution in [0.3, 0.4) is 0 Å². The van der Waals surface area contributed by atoms with Gasteiger partial charge in [0.05, 0.1) is 11.1 Å². The first-order valence-electron chi connectivity index (χ1n) is 6.08. The van der Waals surface area contributed by atoms with Crippen LogP contribution in [-0.2, 0) is 24.5 Å². The van der Waals surface area contributed by atoms with Gasteiger partial charge in [0.2, 0.25) is 0 Å². The Morgan fingerprint density at radius 1 is 1.17 bits per heavy atom. The number of hydrogen-bond donors (Lipinski definition) is 0. The molecule has 0 aliphatic rings. The van der Waals surface area contributed by atoms with Gasteiger partial charge in [0.1, 0.15) is 0 Å². The van der Waals surface area contributed by atoms with E-state index < -0.39 is 0 Å². The Bertz CT molecular complexity index is 499. The maximum atomic E-state index is 5.68. The Hall–Kier alpha value is -1.19. The molecule has 0 spiro atoms. The zero-order chi connectivity index (χ0) is 12.8. The van der Waals surface area contributed by atoms with Crippen LogP contribution in [-0.4, -0.2) is 0 Å². The molecule has 1 heterocycles. The molecule has 0 aliphatic heterocycles. The normalized spacial score (nSPS) is 10.6. The summed E-state index contributed by atoms with van der Waals surface area (Å²) in [7, 11) is 0. The highest BCUT2D eigenvalue weighted by Gasteiger charge is 2.05. The summed E-state index contributed by atoms with van der Waals surface area (Å²) in [4.78, 5) is 0. The van der Waals surface area contributed by atoms with Crippen LogP contribution < -0.4 is 4.57 Å². The van der Waals surface area contributed by atoms with Gasteiger partial charge in [-0.3, -0.25) is 0 Å². The minimum atomic E-state index is 0.567. The van der Waals surface area contributed by atoms with Crippen molar-refractivity contribution in [3.8, 4) is 0 Å². The third-order valence-electron chi connectivity index (χ3n) is 2.79. The number of hydrogen-bond acceptors (Lipinski definition) is 1. The molecular weight excluding hydrogens is 290 g/mol. The second-order valence-electron chi connectivity index (χ2n) is 4.15. The van der Waals surface area contributed by atoms with E-state index in [0.29, 0.717) is 13.3 Å². The quantitative estimate of drug-likeness (QED) is 0.771. The monoisotopic (exact) mass is 306 g/mol. The molecule has 0 atom stereocenters. The van der Waals surface area contributed by atoms with Crippen molar-refractivity contribution in [3.63, 3.8) is 0 Å². The van der Waals surface area contributed by atoms with Crippen LogP contribution in [0.2, 0.25) is 0 Å². The molecule has 3 heteroatoms. The average molecular weight is 307 g/mol. The maximum Gasteiger partial charge on any atom is 0.252 e. The van der Waals surface area contributed by atoms with E-state index in [2.05, 4.69) is 53.4 Å². The Balaban J connectivity index is 1.89. The number of rotatable bonds is 5. The Morgan fingerprint density at radius 3 is 2.61 bits per heavy atom. The van der Waals surface area contributed by atoms with Gasteiger partial charge in [0, 0.05) is 6.07 Å². The van der Waals surface area contributed by atoms with E-state index in [4.69, 9.17) is 4.74 Å². The number of aromatic nitrogens is 1. The number of nitrogens with zero attached hydrogens (tertiary/aromatic N) is 1. The van der Waals surface area contributed by atoms with Crippen molar-refractivity contribution in [2.24, 2.45) is 0 Å². The average Bonchev–Trinajstić information content (AvgIpc) is 2.40. The third kappa shape index (κ3) is 3.65. The molecule has 0 fully saturated rings. The molecule has 2 nitrogen and oxygen atoms in total. The van der Waals surface area contributed by atoms with Crippen LogP contribution in [0.25, 0.3) is 0 Å². The lowest BCUT2D eigenvalue weighted by Gasteiger charge is -2.03. The first-order valence-corrected chi connectivity index (χ1v) is 6.88. The third-order valence-corrected chi connectivity index (χ3v) is 3.50. The molecule has 0 bridgehead atoms. The van der Waals surface area contributed by atoms with E-state index in [9.17, 15) is 0 Å². The molecule has 0 amide bonds. The summed E-state index contributed by atoms with van der Waals surface area (Å²) in [6.07, 6.45) is 5.14. The summed E-state index contributed by atoms with van der Waals surface area (Å²) in [6.45, 7) is 3.36. The molecule has 2 aromatic rings. The van der Waals surface area contributed by atoms with Gasteiger partial charge in [-0.25, -0.2) is 0 Å². The molecule has 2 rings (SSSR count). The fourth-order valence-electron chi connectivity index (χ4n) is 1.75. The largest absolute Gasteiger partial charge is 0.318 e. The van der Waals surface area contributed by atoms with E-state index >= 15 is 0 Å². The Morgan fingerprint density at radius 2 is 1.94 bits per heavy atom. The van der Waals surface area contributed by atoms with Gasteiger partial charge in [-0.2, -0.15) is 4.57 Å². The lowest BCUT2D eigenvalue weighted by molar-refractivity contribution is -0.734. The van der Waals surface area contributed by atoms with E-state index in [1.807, 2.05) is 22.8 Å². The van der Waals surface area contributed by atoms with Crippen molar-refractivity contribution in [1.29, 1.82) is 0 Å². The van der Waals surface area contributed by atoms with E-state index in [1.165, 1.54) is 11.1 Å². The molecule has 1 aromatic heterocycles. The predicted molar refractivity (Wildman–Crippen MR) is 74.9 cm³/mol. The van der Waals surface area contributed by atoms with Crippen molar-refractivity contribution in [2.75, 3.05) is 0 Å². The molecule has 0 N–H and O–H groups in total. The predicted octanol–water partition coefficient (Wildman–Crippen LogP) is 3.47. The van der Waals surface area contributed by atoms with Crippen molar-refractivity contribution in [2.45, 2.75) is 26.7 Å². The van der Waals surface area contributed by atoms with Gasteiger partial charge in [-0.05, 0) is 33.5 Å². The van der Waals surface area contributed by atoms with Crippen LogP contribution in [0.1, 0.15) is 18.1 Å². The van der Waals surface area contributed by atoms with Gasteiger partial charge < -0.3 is 4.74 Å². The van der Waals surface area contributed by atoms with Crippen LogP contribution in [0.5, 0.6) is 0 Å². The molecular formula is C15H17BrNO+. The highest BCUT2D eigenvalue weighted by Crippen LogP contribution is 2.13. The Labute approximate surface area is 116 Å². The fourth-order valence-corrected chi connectivity index (χ4v) is 2.42. The lowest BCUT2D eigenvalue weighted by atomic mass is 10.2. The summed E-state index contributed by atoms with van der Waals surface area (Å²) in [6, 6.07) is 12.3. The number of benzene rings is 1. The zero-order valence-corrected chi connectivity index (χ0v) is 12.1. The molecule has 0 aliphatic carbocycles. The van der Waals surface area contributed by atoms with Crippen LogP contribution >= 0.6 is 15.9 Å². The highest BCUT2D eigenvalue weighted by atomic mass is 79.9. The molecule has 0 saturated carbocycles. The minimum Gasteiger partial charge on any atom is -0.318 e. The summed E-state index contributed by atoms with van der Waals surface area (Å²) < 4.78 is 8.85. The van der Waals surface area contributed by atoms with Crippen molar-refractivity contribution < 1.29 is 9.30 Å². The topological polar surface area (TPSA) is 13.1 Å². The smallest absolute Gasteiger partial charge is 0.252 e. The number of aryl methyl sites for hydroxylation is 1. The molecule has 0 saturated heterocycles. The summed E-state index contributed by atoms with van der Waals surface area (Å²) >= 11 is 3.57. The number of pyridine rings is 1. The van der Waals surface area contributed by atoms with Crippen molar-refractivity contribution in [3.05, 3.63) is 64.4 Å². The van der Waals surface area contributed by atoms with E-state index in [0.717, 1.165) is 10.9 Å². The lowest BCUT2D eigenvalue weighted by Crippen LogP contribution is -2.34. The molecule has 0 radical (unpaired) electrons. The van der Waals surface area contributed by atoms with Gasteiger partial charge in [0.25, 0.3) is 6.73 Å². The van der Waals surface area contributed by atoms with Gasteiger partial charge in [0.15, 0.2) is 12.4 Å². The molecule has 94 valence electrons. The minimum absolute atomic E-state index is 0.567. The number of ether oxygens (including phenoxy) is 1. The SMILES string of the molecule is CCc1cc[n+](COCc2ccccc2)cc1Br. The molecule has 0 unspecified atom stereocenters. The van der Waals surface area contributed by atoms with Crippen LogP contribution in [0, 0.1) is 0 Å². The van der Waals surface area contributed by atoms with E-state index in [1.54, 1.807) is 0 Å². The van der Waals surface area contributed by atoms with E-state index in [-0.39, 0.29) is 0 Å². The number of halogens is 1. The summed E-state index contributed by atoms with van der Waals surface area (Å²) in [5.41, 5.74) is 2.51.